The first-order valence-electron chi connectivity index (χ1n) is 30.6. The summed E-state index contributed by atoms with van der Waals surface area (Å²) in [6.07, 6.45) is 72.6. The van der Waals surface area contributed by atoms with Crippen molar-refractivity contribution in [3.8, 4) is 0 Å². The highest BCUT2D eigenvalue weighted by Gasteiger charge is 2.44. The highest BCUT2D eigenvalue weighted by atomic mass is 16.7. The van der Waals surface area contributed by atoms with Gasteiger partial charge in [-0.2, -0.15) is 0 Å². The summed E-state index contributed by atoms with van der Waals surface area (Å²) in [6, 6.07) is -0.746. The molecular weight excluding hydrogens is 935 g/mol. The standard InChI is InChI=1S/C66H113NO8/c1-3-5-7-9-11-13-15-17-19-21-23-25-26-27-28-29-30-31-32-33-34-36-38-40-42-44-46-48-50-52-54-56-62(70)67-59(58-74-66-65(73)64(72)63(71)61(57-68)75-66)60(69)55-53-51-49-47-45-43-41-39-37-35-24-22-20-18-16-14-12-10-8-6-4-2/h5,7,11,13,17,19,23,25,27-28,30-31,33-34,38,40,44,46,59-61,63-66,68-69,71-73H,3-4,6,8-10,12,14-16,18,20-22,24,26,29,32,35-37,39,41-43,45,47-58H2,1-2H3,(H,67,70)/b7-5-,13-11-,19-17-,25-23-,28-27-,31-30-,34-33-,40-38-,46-44-. The maximum absolute atomic E-state index is 13.1. The van der Waals surface area contributed by atoms with E-state index >= 15 is 0 Å². The van der Waals surface area contributed by atoms with Gasteiger partial charge in [0.15, 0.2) is 6.29 Å². The molecule has 1 fully saturated rings. The molecule has 1 rings (SSSR count). The van der Waals surface area contributed by atoms with Crippen LogP contribution in [0.3, 0.4) is 0 Å². The number of unbranched alkanes of at least 4 members (excludes halogenated alkanes) is 23. The molecule has 1 aliphatic heterocycles. The van der Waals surface area contributed by atoms with Gasteiger partial charge in [0.25, 0.3) is 0 Å². The third-order valence-corrected chi connectivity index (χ3v) is 13.9. The lowest BCUT2D eigenvalue weighted by Gasteiger charge is -2.40. The van der Waals surface area contributed by atoms with Gasteiger partial charge in [-0.05, 0) is 83.5 Å². The summed E-state index contributed by atoms with van der Waals surface area (Å²) in [4.78, 5) is 13.1. The molecule has 9 nitrogen and oxygen atoms in total. The average Bonchev–Trinajstić information content (AvgIpc) is 3.41. The van der Waals surface area contributed by atoms with E-state index in [2.05, 4.69) is 129 Å². The SMILES string of the molecule is CC/C=C\C/C=C\C/C=C\C/C=C\C/C=C\C/C=C\C/C=C\C/C=C\C/C=C\CCCCCC(=O)NC(COC1OC(CO)C(O)C(O)C1O)C(O)CCCCCCCCCCCCCCCCCCCCCCC. The van der Waals surface area contributed by atoms with Crippen molar-refractivity contribution in [2.45, 2.75) is 288 Å². The number of hydrogen-bond donors (Lipinski definition) is 6. The van der Waals surface area contributed by atoms with Crippen LogP contribution in [-0.2, 0) is 14.3 Å². The highest BCUT2D eigenvalue weighted by Crippen LogP contribution is 2.23. The number of hydrogen-bond acceptors (Lipinski definition) is 8. The van der Waals surface area contributed by atoms with Crippen LogP contribution >= 0.6 is 0 Å². The first kappa shape index (κ1) is 69.9. The molecule has 9 heteroatoms. The van der Waals surface area contributed by atoms with Gasteiger partial charge in [-0.25, -0.2) is 0 Å². The summed E-state index contributed by atoms with van der Waals surface area (Å²) in [5, 5.41) is 54.7. The number of ether oxygens (including phenoxy) is 2. The van der Waals surface area contributed by atoms with Crippen LogP contribution in [0.2, 0.25) is 0 Å². The topological polar surface area (TPSA) is 149 Å². The van der Waals surface area contributed by atoms with Crippen molar-refractivity contribution in [2.75, 3.05) is 13.2 Å². The Kier molecular flexibility index (Phi) is 50.5. The smallest absolute Gasteiger partial charge is 0.220 e. The van der Waals surface area contributed by atoms with Gasteiger partial charge in [0, 0.05) is 6.42 Å². The molecular formula is C66H113NO8. The molecule has 0 aromatic heterocycles. The third kappa shape index (κ3) is 43.5. The minimum absolute atomic E-state index is 0.158. The summed E-state index contributed by atoms with van der Waals surface area (Å²) >= 11 is 0. The second-order valence-electron chi connectivity index (χ2n) is 20.8. The lowest BCUT2D eigenvalue weighted by atomic mass is 9.99. The summed E-state index contributed by atoms with van der Waals surface area (Å²) < 4.78 is 11.3. The van der Waals surface area contributed by atoms with Crippen LogP contribution in [-0.4, -0.2) is 87.5 Å². The Morgan fingerprint density at radius 2 is 0.827 bits per heavy atom. The van der Waals surface area contributed by atoms with Gasteiger partial charge >= 0.3 is 0 Å². The van der Waals surface area contributed by atoms with Gasteiger partial charge in [-0.1, -0.05) is 264 Å². The van der Waals surface area contributed by atoms with Crippen molar-refractivity contribution in [2.24, 2.45) is 0 Å². The first-order valence-corrected chi connectivity index (χ1v) is 30.6. The van der Waals surface area contributed by atoms with Gasteiger partial charge in [-0.15, -0.1) is 0 Å². The maximum atomic E-state index is 13.1. The van der Waals surface area contributed by atoms with Crippen LogP contribution in [0.1, 0.15) is 245 Å². The molecule has 0 aromatic rings. The van der Waals surface area contributed by atoms with Crippen LogP contribution in [0.15, 0.2) is 109 Å². The zero-order valence-electron chi connectivity index (χ0n) is 47.8. The summed E-state index contributed by atoms with van der Waals surface area (Å²) in [5.74, 6) is -0.178. The van der Waals surface area contributed by atoms with Gasteiger partial charge in [0.1, 0.15) is 24.4 Å². The van der Waals surface area contributed by atoms with Gasteiger partial charge < -0.3 is 40.3 Å². The second-order valence-corrected chi connectivity index (χ2v) is 20.8. The molecule has 0 saturated carbocycles. The predicted molar refractivity (Wildman–Crippen MR) is 317 cm³/mol. The van der Waals surface area contributed by atoms with Crippen LogP contribution < -0.4 is 5.32 Å². The van der Waals surface area contributed by atoms with Crippen LogP contribution in [0.25, 0.3) is 0 Å². The minimum Gasteiger partial charge on any atom is -0.394 e. The molecule has 75 heavy (non-hydrogen) atoms. The number of nitrogens with one attached hydrogen (secondary N) is 1. The number of aliphatic hydroxyl groups excluding tert-OH is 5. The predicted octanol–water partition coefficient (Wildman–Crippen LogP) is 15.7. The van der Waals surface area contributed by atoms with Gasteiger partial charge in [-0.3, -0.25) is 4.79 Å². The fourth-order valence-electron chi connectivity index (χ4n) is 9.10. The van der Waals surface area contributed by atoms with E-state index in [1.807, 2.05) is 0 Å². The minimum atomic E-state index is -1.57. The molecule has 1 amide bonds. The summed E-state index contributed by atoms with van der Waals surface area (Å²) in [6.45, 7) is 3.72. The number of rotatable bonds is 51. The van der Waals surface area contributed by atoms with Crippen LogP contribution in [0.5, 0.6) is 0 Å². The fourth-order valence-corrected chi connectivity index (χ4v) is 9.10. The van der Waals surface area contributed by atoms with Gasteiger partial charge in [0.2, 0.25) is 5.91 Å². The number of aliphatic hydroxyl groups is 5. The Balaban J connectivity index is 2.24. The zero-order chi connectivity index (χ0) is 54.3. The largest absolute Gasteiger partial charge is 0.394 e. The molecule has 0 aromatic carbocycles. The Morgan fingerprint density at radius 3 is 1.21 bits per heavy atom. The van der Waals surface area contributed by atoms with E-state index in [4.69, 9.17) is 9.47 Å². The lowest BCUT2D eigenvalue weighted by Crippen LogP contribution is -2.60. The van der Waals surface area contributed by atoms with E-state index < -0.39 is 49.5 Å². The Bertz CT molecular complexity index is 1540. The van der Waals surface area contributed by atoms with Crippen molar-refractivity contribution >= 4 is 5.91 Å². The Labute approximate surface area is 459 Å². The van der Waals surface area contributed by atoms with Crippen molar-refractivity contribution < 1.29 is 39.8 Å². The van der Waals surface area contributed by atoms with E-state index in [0.717, 1.165) is 103 Å². The molecule has 1 heterocycles. The maximum Gasteiger partial charge on any atom is 0.220 e. The van der Waals surface area contributed by atoms with Crippen LogP contribution in [0.4, 0.5) is 0 Å². The van der Waals surface area contributed by atoms with Crippen molar-refractivity contribution in [1.82, 2.24) is 5.32 Å². The molecule has 0 radical (unpaired) electrons. The van der Waals surface area contributed by atoms with E-state index in [1.54, 1.807) is 0 Å². The van der Waals surface area contributed by atoms with E-state index in [0.29, 0.717) is 12.8 Å². The van der Waals surface area contributed by atoms with Crippen molar-refractivity contribution in [3.05, 3.63) is 109 Å². The number of allylic oxidation sites excluding steroid dienone is 18. The lowest BCUT2D eigenvalue weighted by molar-refractivity contribution is -0.302. The first-order chi connectivity index (χ1) is 36.8. The fraction of sp³-hybridized carbons (Fsp3) is 0.712. The third-order valence-electron chi connectivity index (χ3n) is 13.9. The van der Waals surface area contributed by atoms with Gasteiger partial charge in [0.05, 0.1) is 25.4 Å². The van der Waals surface area contributed by atoms with E-state index in [1.165, 1.54) is 116 Å². The Hall–Kier alpha value is -3.15. The quantitative estimate of drug-likeness (QED) is 0.0261. The molecule has 0 bridgehead atoms. The molecule has 1 saturated heterocycles. The number of carbonyl (C=O) groups excluding carboxylic acids is 1. The molecule has 6 N–H and O–H groups in total. The molecule has 0 aliphatic carbocycles. The molecule has 1 aliphatic rings. The number of amides is 1. The Morgan fingerprint density at radius 1 is 0.467 bits per heavy atom. The normalized spacial score (nSPS) is 19.7. The second kappa shape index (κ2) is 54.2. The van der Waals surface area contributed by atoms with Crippen molar-refractivity contribution in [3.63, 3.8) is 0 Å². The molecule has 0 spiro atoms. The molecule has 7 unspecified atom stereocenters. The van der Waals surface area contributed by atoms with E-state index in [9.17, 15) is 30.3 Å². The van der Waals surface area contributed by atoms with Crippen LogP contribution in [0, 0.1) is 0 Å². The van der Waals surface area contributed by atoms with Crippen molar-refractivity contribution in [1.29, 1.82) is 0 Å². The summed E-state index contributed by atoms with van der Waals surface area (Å²) in [5.41, 5.74) is 0. The monoisotopic (exact) mass is 1050 g/mol. The molecule has 430 valence electrons. The highest BCUT2D eigenvalue weighted by molar-refractivity contribution is 5.76. The number of carbonyl (C=O) groups is 1. The molecule has 7 atom stereocenters. The van der Waals surface area contributed by atoms with E-state index in [-0.39, 0.29) is 12.5 Å². The zero-order valence-corrected chi connectivity index (χ0v) is 47.8. The summed E-state index contributed by atoms with van der Waals surface area (Å²) in [7, 11) is 0. The average molecular weight is 1050 g/mol.